The molecule has 0 aliphatic carbocycles. The van der Waals surface area contributed by atoms with Gasteiger partial charge in [-0.3, -0.25) is 4.79 Å². The van der Waals surface area contributed by atoms with E-state index < -0.39 is 6.10 Å². The molecule has 6 heteroatoms. The third-order valence-corrected chi connectivity index (χ3v) is 4.34. The number of hydrogen-bond donors (Lipinski definition) is 2. The van der Waals surface area contributed by atoms with E-state index in [0.717, 1.165) is 31.7 Å². The molecule has 1 aliphatic rings. The molecule has 1 fully saturated rings. The maximum Gasteiger partial charge on any atom is 0.314 e. The lowest BCUT2D eigenvalue weighted by atomic mass is 9.98. The summed E-state index contributed by atoms with van der Waals surface area (Å²) in [4.78, 5) is 13.1. The Hall–Kier alpha value is -1.79. The maximum atomic E-state index is 11.9. The van der Waals surface area contributed by atoms with Crippen LogP contribution in [0.5, 0.6) is 11.5 Å². The van der Waals surface area contributed by atoms with E-state index in [1.54, 1.807) is 0 Å². The van der Waals surface area contributed by atoms with Gasteiger partial charge >= 0.3 is 5.97 Å². The number of hydrogen-bond acceptors (Lipinski definition) is 5. The Labute approximate surface area is 149 Å². The van der Waals surface area contributed by atoms with Crippen LogP contribution in [0.25, 0.3) is 0 Å². The van der Waals surface area contributed by atoms with E-state index in [-0.39, 0.29) is 18.5 Å². The van der Waals surface area contributed by atoms with Gasteiger partial charge in [-0.2, -0.15) is 0 Å². The average Bonchev–Trinajstić information content (AvgIpc) is 2.62. The third kappa shape index (κ3) is 6.55. The number of aliphatic hydroxyl groups excluding tert-OH is 1. The molecule has 1 saturated heterocycles. The van der Waals surface area contributed by atoms with Crippen molar-refractivity contribution in [2.45, 2.75) is 32.8 Å². The number of quaternary nitrogens is 1. The number of carbonyl (C=O) groups excluding carboxylic acids is 1. The fraction of sp³-hybridized carbons (Fsp3) is 0.632. The van der Waals surface area contributed by atoms with Crippen LogP contribution in [0.15, 0.2) is 24.3 Å². The lowest BCUT2D eigenvalue weighted by Gasteiger charge is -2.30. The molecule has 0 saturated carbocycles. The third-order valence-electron chi connectivity index (χ3n) is 4.34. The van der Waals surface area contributed by atoms with Gasteiger partial charge in [0, 0.05) is 0 Å². The Balaban J connectivity index is 1.73. The summed E-state index contributed by atoms with van der Waals surface area (Å²) >= 11 is 0. The van der Waals surface area contributed by atoms with Gasteiger partial charge < -0.3 is 24.2 Å². The van der Waals surface area contributed by atoms with Crippen molar-refractivity contribution in [3.05, 3.63) is 24.3 Å². The van der Waals surface area contributed by atoms with Crippen LogP contribution in [0.3, 0.4) is 0 Å². The number of piperidine rings is 1. The zero-order chi connectivity index (χ0) is 18.1. The van der Waals surface area contributed by atoms with E-state index in [0.29, 0.717) is 25.5 Å². The quantitative estimate of drug-likeness (QED) is 0.640. The van der Waals surface area contributed by atoms with Crippen LogP contribution >= 0.6 is 0 Å². The van der Waals surface area contributed by atoms with E-state index in [9.17, 15) is 9.90 Å². The summed E-state index contributed by atoms with van der Waals surface area (Å²) in [5.74, 6) is 1.35. The van der Waals surface area contributed by atoms with Crippen LogP contribution in [0.4, 0.5) is 0 Å². The predicted molar refractivity (Wildman–Crippen MR) is 94.0 cm³/mol. The normalized spacial score (nSPS) is 21.4. The zero-order valence-corrected chi connectivity index (χ0v) is 15.2. The molecule has 6 nitrogen and oxygen atoms in total. The number of rotatable bonds is 9. The summed E-state index contributed by atoms with van der Waals surface area (Å²) in [6.07, 6.45) is 1.29. The van der Waals surface area contributed by atoms with Gasteiger partial charge in [0.2, 0.25) is 0 Å². The van der Waals surface area contributed by atoms with Gasteiger partial charge in [-0.1, -0.05) is 0 Å². The van der Waals surface area contributed by atoms with E-state index in [2.05, 4.69) is 0 Å². The smallest absolute Gasteiger partial charge is 0.314 e. The Morgan fingerprint density at radius 2 is 1.88 bits per heavy atom. The minimum absolute atomic E-state index is 0.0528. The fourth-order valence-electron chi connectivity index (χ4n) is 3.18. The number of carbonyl (C=O) groups is 1. The molecule has 3 atom stereocenters. The van der Waals surface area contributed by atoms with Crippen molar-refractivity contribution in [3.63, 3.8) is 0 Å². The minimum Gasteiger partial charge on any atom is -0.494 e. The van der Waals surface area contributed by atoms with Crippen LogP contribution < -0.4 is 14.4 Å². The van der Waals surface area contributed by atoms with E-state index in [1.165, 1.54) is 4.90 Å². The summed E-state index contributed by atoms with van der Waals surface area (Å²) in [5.41, 5.74) is 0. The highest BCUT2D eigenvalue weighted by Gasteiger charge is 2.30. The molecule has 140 valence electrons. The summed E-state index contributed by atoms with van der Waals surface area (Å²) < 4.78 is 16.1. The van der Waals surface area contributed by atoms with Crippen LogP contribution in [-0.4, -0.2) is 56.6 Å². The number of likely N-dealkylation sites (tertiary alicyclic amines) is 1. The van der Waals surface area contributed by atoms with Gasteiger partial charge in [0.05, 0.1) is 26.3 Å². The first kappa shape index (κ1) is 19.5. The second-order valence-electron chi connectivity index (χ2n) is 6.37. The molecular formula is C19H30NO5+. The van der Waals surface area contributed by atoms with Crippen molar-refractivity contribution in [1.29, 1.82) is 0 Å². The summed E-state index contributed by atoms with van der Waals surface area (Å²) in [6.45, 7) is 7.32. The SMILES string of the molecule is CCOC(=O)[C@H]1CCC[NH+](C[C@H](O)COc2ccc(OCC)cc2)C1. The molecule has 1 unspecified atom stereocenters. The molecular weight excluding hydrogens is 322 g/mol. The molecule has 1 aliphatic heterocycles. The van der Waals surface area contributed by atoms with Gasteiger partial charge in [-0.05, 0) is 51.0 Å². The van der Waals surface area contributed by atoms with Gasteiger partial charge in [-0.25, -0.2) is 0 Å². The van der Waals surface area contributed by atoms with Crippen LogP contribution in [-0.2, 0) is 9.53 Å². The molecule has 0 amide bonds. The first-order valence-electron chi connectivity index (χ1n) is 9.16. The molecule has 2 rings (SSSR count). The lowest BCUT2D eigenvalue weighted by molar-refractivity contribution is -0.910. The van der Waals surface area contributed by atoms with Gasteiger partial charge in [0.15, 0.2) is 0 Å². The number of ether oxygens (including phenoxy) is 3. The second kappa shape index (κ2) is 10.3. The largest absolute Gasteiger partial charge is 0.494 e. The first-order chi connectivity index (χ1) is 12.1. The van der Waals surface area contributed by atoms with Crippen molar-refractivity contribution in [2.75, 3.05) is 39.5 Å². The molecule has 25 heavy (non-hydrogen) atoms. The van der Waals surface area contributed by atoms with Crippen molar-refractivity contribution in [2.24, 2.45) is 5.92 Å². The second-order valence-corrected chi connectivity index (χ2v) is 6.37. The average molecular weight is 352 g/mol. The number of esters is 1. The van der Waals surface area contributed by atoms with Crippen molar-refractivity contribution >= 4 is 5.97 Å². The molecule has 0 radical (unpaired) electrons. The highest BCUT2D eigenvalue weighted by Crippen LogP contribution is 2.17. The van der Waals surface area contributed by atoms with Gasteiger partial charge in [0.25, 0.3) is 0 Å². The van der Waals surface area contributed by atoms with Crippen molar-refractivity contribution in [3.8, 4) is 11.5 Å². The highest BCUT2D eigenvalue weighted by atomic mass is 16.5. The summed E-state index contributed by atoms with van der Waals surface area (Å²) in [6, 6.07) is 7.38. The highest BCUT2D eigenvalue weighted by molar-refractivity contribution is 5.72. The summed E-state index contributed by atoms with van der Waals surface area (Å²) in [5, 5.41) is 10.2. The molecule has 1 aromatic rings. The summed E-state index contributed by atoms with van der Waals surface area (Å²) in [7, 11) is 0. The molecule has 0 spiro atoms. The van der Waals surface area contributed by atoms with Crippen LogP contribution in [0.1, 0.15) is 26.7 Å². The topological polar surface area (TPSA) is 69.4 Å². The van der Waals surface area contributed by atoms with Gasteiger partial charge in [-0.15, -0.1) is 0 Å². The van der Waals surface area contributed by atoms with Crippen molar-refractivity contribution in [1.82, 2.24) is 0 Å². The fourth-order valence-corrected chi connectivity index (χ4v) is 3.18. The zero-order valence-electron chi connectivity index (χ0n) is 15.2. The van der Waals surface area contributed by atoms with E-state index in [4.69, 9.17) is 14.2 Å². The van der Waals surface area contributed by atoms with Gasteiger partial charge in [0.1, 0.15) is 36.7 Å². The molecule has 1 aromatic carbocycles. The maximum absolute atomic E-state index is 11.9. The van der Waals surface area contributed by atoms with Crippen LogP contribution in [0.2, 0.25) is 0 Å². The van der Waals surface area contributed by atoms with E-state index in [1.807, 2.05) is 38.1 Å². The molecule has 0 bridgehead atoms. The standard InChI is InChI=1S/C19H29NO5/c1-3-23-17-7-9-18(10-8-17)25-14-16(21)13-20-11-5-6-15(12-20)19(22)24-4-2/h7-10,15-16,21H,3-6,11-14H2,1-2H3/p+1/t15-,16-/m0/s1. The molecule has 0 aromatic heterocycles. The monoisotopic (exact) mass is 352 g/mol. The molecule has 1 heterocycles. The van der Waals surface area contributed by atoms with Crippen LogP contribution in [0, 0.1) is 5.92 Å². The number of nitrogens with one attached hydrogen (secondary N) is 1. The van der Waals surface area contributed by atoms with Crippen molar-refractivity contribution < 1.29 is 29.0 Å². The lowest BCUT2D eigenvalue weighted by Crippen LogP contribution is -3.15. The predicted octanol–water partition coefficient (Wildman–Crippen LogP) is 0.683. The Kier molecular flexibility index (Phi) is 8.01. The van der Waals surface area contributed by atoms with E-state index >= 15 is 0 Å². The number of benzene rings is 1. The first-order valence-corrected chi connectivity index (χ1v) is 9.16. The molecule has 2 N–H and O–H groups in total. The Morgan fingerprint density at radius 1 is 1.20 bits per heavy atom. The Morgan fingerprint density at radius 3 is 2.52 bits per heavy atom. The Bertz CT molecular complexity index is 519. The number of aliphatic hydroxyl groups is 1. The minimum atomic E-state index is -0.567.